The Hall–Kier alpha value is -1.56. The van der Waals surface area contributed by atoms with Crippen LogP contribution in [-0.4, -0.2) is 23.2 Å². The molecule has 3 rings (SSSR count). The SMILES string of the molecule is CCC[C@]1(O)CC[C@]2(CCN(c3ccc(C(F)(F)F)cc3)C2=O)CC1. The Morgan fingerprint density at radius 3 is 2.20 bits per heavy atom. The Morgan fingerprint density at radius 2 is 1.68 bits per heavy atom. The highest BCUT2D eigenvalue weighted by molar-refractivity contribution is 6.00. The number of carbonyl (C=O) groups is 1. The lowest BCUT2D eigenvalue weighted by Gasteiger charge is -2.41. The molecule has 1 spiro atoms. The molecule has 1 aliphatic carbocycles. The molecule has 2 fully saturated rings. The minimum absolute atomic E-state index is 0.00851. The summed E-state index contributed by atoms with van der Waals surface area (Å²) in [4.78, 5) is 14.6. The van der Waals surface area contributed by atoms with Gasteiger partial charge < -0.3 is 10.0 Å². The van der Waals surface area contributed by atoms with Gasteiger partial charge in [-0.1, -0.05) is 13.3 Å². The van der Waals surface area contributed by atoms with E-state index in [4.69, 9.17) is 0 Å². The van der Waals surface area contributed by atoms with Gasteiger partial charge in [-0.2, -0.15) is 13.2 Å². The molecule has 0 aromatic heterocycles. The van der Waals surface area contributed by atoms with Crippen LogP contribution in [-0.2, 0) is 11.0 Å². The zero-order valence-corrected chi connectivity index (χ0v) is 14.4. The number of rotatable bonds is 3. The quantitative estimate of drug-likeness (QED) is 0.865. The first kappa shape index (κ1) is 18.2. The van der Waals surface area contributed by atoms with Gasteiger partial charge >= 0.3 is 6.18 Å². The van der Waals surface area contributed by atoms with Gasteiger partial charge in [-0.3, -0.25) is 4.79 Å². The molecule has 6 heteroatoms. The molecule has 1 saturated heterocycles. The summed E-state index contributed by atoms with van der Waals surface area (Å²) < 4.78 is 38.1. The molecule has 1 aromatic rings. The van der Waals surface area contributed by atoms with Crippen molar-refractivity contribution >= 4 is 11.6 Å². The fourth-order valence-electron chi connectivity index (χ4n) is 4.27. The molecule has 0 bridgehead atoms. The van der Waals surface area contributed by atoms with E-state index >= 15 is 0 Å². The highest BCUT2D eigenvalue weighted by Crippen LogP contribution is 2.49. The second-order valence-electron chi connectivity index (χ2n) is 7.51. The van der Waals surface area contributed by atoms with E-state index in [1.807, 2.05) is 6.92 Å². The van der Waals surface area contributed by atoms with E-state index in [1.54, 1.807) is 4.90 Å². The lowest BCUT2D eigenvalue weighted by molar-refractivity contribution is -0.137. The van der Waals surface area contributed by atoms with Crippen LogP contribution in [0.1, 0.15) is 57.4 Å². The standard InChI is InChI=1S/C19H24F3NO2/c1-2-7-18(25)10-8-17(9-11-18)12-13-23(16(17)24)15-5-3-14(4-6-15)19(20,21)22/h3-6,25H,2,7-13H2,1H3/t17-,18+. The first-order valence-electron chi connectivity index (χ1n) is 8.91. The molecule has 1 amide bonds. The molecule has 138 valence electrons. The number of anilines is 1. The monoisotopic (exact) mass is 355 g/mol. The van der Waals surface area contributed by atoms with Gasteiger partial charge in [0.1, 0.15) is 0 Å². The lowest BCUT2D eigenvalue weighted by Crippen LogP contribution is -2.43. The zero-order valence-electron chi connectivity index (χ0n) is 14.4. The van der Waals surface area contributed by atoms with Crippen molar-refractivity contribution in [3.05, 3.63) is 29.8 Å². The molecule has 1 aromatic carbocycles. The molecular formula is C19H24F3NO2. The second-order valence-corrected chi connectivity index (χ2v) is 7.51. The fourth-order valence-corrected chi connectivity index (χ4v) is 4.27. The Kier molecular flexibility index (Phi) is 4.60. The number of amides is 1. The normalized spacial score (nSPS) is 30.3. The summed E-state index contributed by atoms with van der Waals surface area (Å²) in [7, 11) is 0. The number of hydrogen-bond donors (Lipinski definition) is 1. The number of hydrogen-bond acceptors (Lipinski definition) is 2. The van der Waals surface area contributed by atoms with E-state index in [-0.39, 0.29) is 5.91 Å². The largest absolute Gasteiger partial charge is 0.416 e. The Labute approximate surface area is 145 Å². The zero-order chi connectivity index (χ0) is 18.3. The van der Waals surface area contributed by atoms with Crippen LogP contribution in [0.4, 0.5) is 18.9 Å². The number of nitrogens with zero attached hydrogens (tertiary/aromatic N) is 1. The van der Waals surface area contributed by atoms with E-state index in [0.717, 1.165) is 25.0 Å². The summed E-state index contributed by atoms with van der Waals surface area (Å²) in [6.07, 6.45) is 0.533. The van der Waals surface area contributed by atoms with Crippen LogP contribution in [0.2, 0.25) is 0 Å². The maximum Gasteiger partial charge on any atom is 0.416 e. The summed E-state index contributed by atoms with van der Waals surface area (Å²) in [6, 6.07) is 4.79. The minimum Gasteiger partial charge on any atom is -0.390 e. The van der Waals surface area contributed by atoms with E-state index in [1.165, 1.54) is 12.1 Å². The van der Waals surface area contributed by atoms with Gasteiger partial charge in [0.25, 0.3) is 0 Å². The van der Waals surface area contributed by atoms with Gasteiger partial charge in [-0.15, -0.1) is 0 Å². The van der Waals surface area contributed by atoms with Crippen LogP contribution >= 0.6 is 0 Å². The summed E-state index contributed by atoms with van der Waals surface area (Å²) >= 11 is 0. The average Bonchev–Trinajstić information content (AvgIpc) is 2.87. The van der Waals surface area contributed by atoms with Crippen molar-refractivity contribution in [3.8, 4) is 0 Å². The van der Waals surface area contributed by atoms with E-state index in [0.29, 0.717) is 44.3 Å². The van der Waals surface area contributed by atoms with Crippen molar-refractivity contribution in [1.82, 2.24) is 0 Å². The Morgan fingerprint density at radius 1 is 1.08 bits per heavy atom. The fraction of sp³-hybridized carbons (Fsp3) is 0.632. The number of alkyl halides is 3. The van der Waals surface area contributed by atoms with Crippen LogP contribution in [0.25, 0.3) is 0 Å². The van der Waals surface area contributed by atoms with E-state index < -0.39 is 22.8 Å². The Bertz CT molecular complexity index is 631. The summed E-state index contributed by atoms with van der Waals surface area (Å²) in [6.45, 7) is 2.56. The minimum atomic E-state index is -4.37. The Balaban J connectivity index is 1.72. The first-order chi connectivity index (χ1) is 11.7. The van der Waals surface area contributed by atoms with Gasteiger partial charge in [0.2, 0.25) is 5.91 Å². The highest BCUT2D eigenvalue weighted by atomic mass is 19.4. The van der Waals surface area contributed by atoms with Gasteiger partial charge in [-0.25, -0.2) is 0 Å². The van der Waals surface area contributed by atoms with Crippen molar-refractivity contribution in [2.24, 2.45) is 5.41 Å². The third-order valence-electron chi connectivity index (χ3n) is 5.87. The van der Waals surface area contributed by atoms with Crippen LogP contribution in [0, 0.1) is 5.41 Å². The predicted molar refractivity (Wildman–Crippen MR) is 89.2 cm³/mol. The summed E-state index contributed by atoms with van der Waals surface area (Å²) in [5.41, 5.74) is -1.31. The number of benzene rings is 1. The number of halogens is 3. The maximum absolute atomic E-state index is 13.0. The molecule has 1 saturated carbocycles. The topological polar surface area (TPSA) is 40.5 Å². The smallest absolute Gasteiger partial charge is 0.390 e. The van der Waals surface area contributed by atoms with Crippen molar-refractivity contribution in [3.63, 3.8) is 0 Å². The number of carbonyl (C=O) groups excluding carboxylic acids is 1. The number of aliphatic hydroxyl groups is 1. The van der Waals surface area contributed by atoms with Gasteiger partial charge in [0.15, 0.2) is 0 Å². The molecule has 0 atom stereocenters. The third kappa shape index (κ3) is 3.41. The second kappa shape index (κ2) is 6.31. The van der Waals surface area contributed by atoms with Gasteiger partial charge in [0.05, 0.1) is 16.6 Å². The van der Waals surface area contributed by atoms with Crippen molar-refractivity contribution in [1.29, 1.82) is 0 Å². The van der Waals surface area contributed by atoms with E-state index in [2.05, 4.69) is 0 Å². The predicted octanol–water partition coefficient (Wildman–Crippen LogP) is 4.53. The lowest BCUT2D eigenvalue weighted by atomic mass is 9.67. The molecule has 1 aliphatic heterocycles. The van der Waals surface area contributed by atoms with Gasteiger partial charge in [-0.05, 0) is 62.8 Å². The van der Waals surface area contributed by atoms with Crippen molar-refractivity contribution in [2.75, 3.05) is 11.4 Å². The third-order valence-corrected chi connectivity index (χ3v) is 5.87. The maximum atomic E-state index is 13.0. The van der Waals surface area contributed by atoms with Crippen molar-refractivity contribution in [2.45, 2.75) is 63.6 Å². The molecule has 1 N–H and O–H groups in total. The van der Waals surface area contributed by atoms with E-state index in [9.17, 15) is 23.1 Å². The first-order valence-corrected chi connectivity index (χ1v) is 8.91. The highest BCUT2D eigenvalue weighted by Gasteiger charge is 2.51. The summed E-state index contributed by atoms with van der Waals surface area (Å²) in [5.74, 6) is -0.00851. The molecule has 25 heavy (non-hydrogen) atoms. The molecule has 0 unspecified atom stereocenters. The molecule has 3 nitrogen and oxygen atoms in total. The van der Waals surface area contributed by atoms with Crippen LogP contribution < -0.4 is 4.90 Å². The summed E-state index contributed by atoms with van der Waals surface area (Å²) in [5, 5.41) is 10.6. The molecule has 2 aliphatic rings. The van der Waals surface area contributed by atoms with Gasteiger partial charge in [0, 0.05) is 12.2 Å². The van der Waals surface area contributed by atoms with Crippen molar-refractivity contribution < 1.29 is 23.1 Å². The molecular weight excluding hydrogens is 331 g/mol. The van der Waals surface area contributed by atoms with Crippen LogP contribution in [0.3, 0.4) is 0 Å². The van der Waals surface area contributed by atoms with Crippen LogP contribution in [0.15, 0.2) is 24.3 Å². The molecule has 1 heterocycles. The molecule has 0 radical (unpaired) electrons. The van der Waals surface area contributed by atoms with Crippen LogP contribution in [0.5, 0.6) is 0 Å². The average molecular weight is 355 g/mol.